The Balaban J connectivity index is 1.51. The topological polar surface area (TPSA) is 56.9 Å². The maximum atomic E-state index is 13.6. The van der Waals surface area contributed by atoms with Gasteiger partial charge in [0.05, 0.1) is 17.4 Å². The number of benzene rings is 3. The molecule has 152 valence electrons. The first kappa shape index (κ1) is 18.0. The van der Waals surface area contributed by atoms with Crippen LogP contribution in [0.1, 0.15) is 35.9 Å². The summed E-state index contributed by atoms with van der Waals surface area (Å²) in [6.45, 7) is 0. The number of aromatic nitrogens is 1. The predicted molar refractivity (Wildman–Crippen MR) is 125 cm³/mol. The Morgan fingerprint density at radius 1 is 0.774 bits per heavy atom. The quantitative estimate of drug-likeness (QED) is 0.375. The number of aromatic amines is 1. The smallest absolute Gasteiger partial charge is 0.163 e. The molecular formula is C27H23N3O. The molecule has 1 aliphatic heterocycles. The van der Waals surface area contributed by atoms with Crippen molar-refractivity contribution in [3.05, 3.63) is 107 Å². The van der Waals surface area contributed by atoms with Crippen LogP contribution in [-0.4, -0.2) is 10.8 Å². The minimum absolute atomic E-state index is 0.189. The fraction of sp³-hybridized carbons (Fsp3) is 0.148. The fourth-order valence-corrected chi connectivity index (χ4v) is 5.02. The van der Waals surface area contributed by atoms with E-state index in [1.54, 1.807) is 0 Å². The lowest BCUT2D eigenvalue weighted by molar-refractivity contribution is -0.116. The van der Waals surface area contributed by atoms with E-state index in [1.807, 2.05) is 36.5 Å². The van der Waals surface area contributed by atoms with E-state index in [-0.39, 0.29) is 17.7 Å². The summed E-state index contributed by atoms with van der Waals surface area (Å²) in [6, 6.07) is 26.6. The largest absolute Gasteiger partial charge is 0.372 e. The molecule has 2 heterocycles. The molecule has 3 aromatic carbocycles. The SMILES string of the molecule is O=C1CC(c2ccccc2)CC2=C1C(c1c[nH]c3ccccc13)Nc1ccccc1N2. The van der Waals surface area contributed by atoms with Gasteiger partial charge in [-0.25, -0.2) is 0 Å². The summed E-state index contributed by atoms with van der Waals surface area (Å²) in [4.78, 5) is 17.0. The van der Waals surface area contributed by atoms with Gasteiger partial charge < -0.3 is 15.6 Å². The van der Waals surface area contributed by atoms with Crippen LogP contribution >= 0.6 is 0 Å². The van der Waals surface area contributed by atoms with E-state index in [0.717, 1.165) is 45.5 Å². The van der Waals surface area contributed by atoms with E-state index >= 15 is 0 Å². The van der Waals surface area contributed by atoms with Crippen molar-refractivity contribution >= 4 is 28.1 Å². The Bertz CT molecular complexity index is 1320. The maximum Gasteiger partial charge on any atom is 0.163 e. The Labute approximate surface area is 181 Å². The van der Waals surface area contributed by atoms with Crippen molar-refractivity contribution in [2.24, 2.45) is 0 Å². The molecule has 1 aliphatic carbocycles. The van der Waals surface area contributed by atoms with Gasteiger partial charge in [-0.1, -0.05) is 60.7 Å². The molecule has 0 saturated carbocycles. The molecule has 4 nitrogen and oxygen atoms in total. The van der Waals surface area contributed by atoms with Crippen molar-refractivity contribution in [3.63, 3.8) is 0 Å². The highest BCUT2D eigenvalue weighted by atomic mass is 16.1. The lowest BCUT2D eigenvalue weighted by Crippen LogP contribution is -2.26. The average Bonchev–Trinajstić information content (AvgIpc) is 3.15. The summed E-state index contributed by atoms with van der Waals surface area (Å²) >= 11 is 0. The number of anilines is 2. The minimum Gasteiger partial charge on any atom is -0.372 e. The summed E-state index contributed by atoms with van der Waals surface area (Å²) in [6.07, 6.45) is 3.39. The standard InChI is InChI=1S/C27H23N3O/c31-25-15-18(17-8-2-1-3-9-17)14-24-26(25)27(30-23-13-7-6-12-22(23)29-24)20-16-28-21-11-5-4-10-19(20)21/h1-13,16,18,27-30H,14-15H2. The van der Waals surface area contributed by atoms with Gasteiger partial charge in [0.25, 0.3) is 0 Å². The number of hydrogen-bond acceptors (Lipinski definition) is 3. The predicted octanol–water partition coefficient (Wildman–Crippen LogP) is 6.15. The highest BCUT2D eigenvalue weighted by Gasteiger charge is 2.36. The lowest BCUT2D eigenvalue weighted by atomic mass is 9.78. The molecule has 31 heavy (non-hydrogen) atoms. The second-order valence-corrected chi connectivity index (χ2v) is 8.37. The molecule has 0 radical (unpaired) electrons. The van der Waals surface area contributed by atoms with Crippen molar-refractivity contribution in [3.8, 4) is 0 Å². The number of H-pyrrole nitrogens is 1. The van der Waals surface area contributed by atoms with Crippen molar-refractivity contribution < 1.29 is 4.79 Å². The molecular weight excluding hydrogens is 382 g/mol. The molecule has 0 spiro atoms. The number of carbonyl (C=O) groups excluding carboxylic acids is 1. The molecule has 0 fully saturated rings. The van der Waals surface area contributed by atoms with Gasteiger partial charge >= 0.3 is 0 Å². The van der Waals surface area contributed by atoms with Crippen molar-refractivity contribution in [1.29, 1.82) is 0 Å². The zero-order valence-corrected chi connectivity index (χ0v) is 17.1. The number of allylic oxidation sites excluding steroid dienone is 1. The van der Waals surface area contributed by atoms with E-state index in [2.05, 4.69) is 64.1 Å². The van der Waals surface area contributed by atoms with Crippen molar-refractivity contribution in [1.82, 2.24) is 4.98 Å². The van der Waals surface area contributed by atoms with Crippen LogP contribution in [-0.2, 0) is 4.79 Å². The number of Topliss-reactive ketones (excluding diaryl/α,β-unsaturated/α-hetero) is 1. The summed E-state index contributed by atoms with van der Waals surface area (Å²) in [5.41, 5.74) is 7.31. The normalized spacial score (nSPS) is 20.5. The number of para-hydroxylation sites is 3. The van der Waals surface area contributed by atoms with Crippen LogP contribution in [0.3, 0.4) is 0 Å². The molecule has 4 heteroatoms. The van der Waals surface area contributed by atoms with Crippen LogP contribution in [0.4, 0.5) is 11.4 Å². The molecule has 0 amide bonds. The van der Waals surface area contributed by atoms with Gasteiger partial charge in [-0.15, -0.1) is 0 Å². The highest BCUT2D eigenvalue weighted by molar-refractivity contribution is 6.02. The van der Waals surface area contributed by atoms with E-state index in [9.17, 15) is 4.79 Å². The van der Waals surface area contributed by atoms with Crippen LogP contribution in [0.15, 0.2) is 96.3 Å². The van der Waals surface area contributed by atoms with E-state index in [1.165, 1.54) is 5.56 Å². The second kappa shape index (κ2) is 7.17. The van der Waals surface area contributed by atoms with Crippen molar-refractivity contribution in [2.75, 3.05) is 10.6 Å². The zero-order valence-electron chi connectivity index (χ0n) is 17.1. The van der Waals surface area contributed by atoms with Crippen molar-refractivity contribution in [2.45, 2.75) is 24.8 Å². The van der Waals surface area contributed by atoms with Crippen LogP contribution in [0.25, 0.3) is 10.9 Å². The lowest BCUT2D eigenvalue weighted by Gasteiger charge is -2.29. The number of carbonyl (C=O) groups is 1. The molecule has 4 aromatic rings. The van der Waals surface area contributed by atoms with Gasteiger partial charge in [0.15, 0.2) is 5.78 Å². The summed E-state index contributed by atoms with van der Waals surface area (Å²) in [5.74, 6) is 0.395. The summed E-state index contributed by atoms with van der Waals surface area (Å²) in [7, 11) is 0. The van der Waals surface area contributed by atoms with Gasteiger partial charge in [0.1, 0.15) is 0 Å². The van der Waals surface area contributed by atoms with E-state index in [0.29, 0.717) is 6.42 Å². The van der Waals surface area contributed by atoms with Gasteiger partial charge in [-0.2, -0.15) is 0 Å². The Morgan fingerprint density at radius 2 is 1.52 bits per heavy atom. The zero-order chi connectivity index (χ0) is 20.8. The number of fused-ring (bicyclic) bond motifs is 2. The van der Waals surface area contributed by atoms with Crippen LogP contribution in [0.5, 0.6) is 0 Å². The van der Waals surface area contributed by atoms with Gasteiger partial charge in [0, 0.05) is 40.4 Å². The molecule has 2 unspecified atom stereocenters. The van der Waals surface area contributed by atoms with Crippen LogP contribution < -0.4 is 10.6 Å². The summed E-state index contributed by atoms with van der Waals surface area (Å²) in [5, 5.41) is 8.44. The van der Waals surface area contributed by atoms with Crippen LogP contribution in [0.2, 0.25) is 0 Å². The average molecular weight is 406 g/mol. The third-order valence-corrected chi connectivity index (χ3v) is 6.51. The molecule has 3 N–H and O–H groups in total. The first-order valence-electron chi connectivity index (χ1n) is 10.8. The van der Waals surface area contributed by atoms with Crippen LogP contribution in [0, 0.1) is 0 Å². The summed E-state index contributed by atoms with van der Waals surface area (Å²) < 4.78 is 0. The molecule has 1 aromatic heterocycles. The number of ketones is 1. The first-order valence-corrected chi connectivity index (χ1v) is 10.8. The number of nitrogens with one attached hydrogen (secondary N) is 3. The monoisotopic (exact) mass is 405 g/mol. The Morgan fingerprint density at radius 3 is 2.39 bits per heavy atom. The fourth-order valence-electron chi connectivity index (χ4n) is 5.02. The van der Waals surface area contributed by atoms with Gasteiger partial charge in [-0.05, 0) is 36.1 Å². The molecule has 6 rings (SSSR count). The Hall–Kier alpha value is -3.79. The molecule has 2 aliphatic rings. The molecule has 0 bridgehead atoms. The van der Waals surface area contributed by atoms with Gasteiger partial charge in [-0.3, -0.25) is 4.79 Å². The number of rotatable bonds is 2. The highest BCUT2D eigenvalue weighted by Crippen LogP contribution is 2.45. The second-order valence-electron chi connectivity index (χ2n) is 8.37. The minimum atomic E-state index is -0.202. The third kappa shape index (κ3) is 3.03. The van der Waals surface area contributed by atoms with Gasteiger partial charge in [0.2, 0.25) is 0 Å². The maximum absolute atomic E-state index is 13.6. The first-order chi connectivity index (χ1) is 15.3. The van der Waals surface area contributed by atoms with E-state index < -0.39 is 0 Å². The number of hydrogen-bond donors (Lipinski definition) is 3. The third-order valence-electron chi connectivity index (χ3n) is 6.51. The molecule has 2 atom stereocenters. The van der Waals surface area contributed by atoms with E-state index in [4.69, 9.17) is 0 Å². The molecule has 0 saturated heterocycles. The Kier molecular flexibility index (Phi) is 4.17.